The summed E-state index contributed by atoms with van der Waals surface area (Å²) >= 11 is 11.6. The molecule has 0 fully saturated rings. The van der Waals surface area contributed by atoms with E-state index in [1.165, 1.54) is 12.1 Å². The molecule has 0 bridgehead atoms. The van der Waals surface area contributed by atoms with E-state index in [2.05, 4.69) is 10.6 Å². The van der Waals surface area contributed by atoms with Gasteiger partial charge in [-0.3, -0.25) is 9.59 Å². The van der Waals surface area contributed by atoms with Gasteiger partial charge in [0.05, 0.1) is 21.6 Å². The zero-order valence-corrected chi connectivity index (χ0v) is 16.5. The van der Waals surface area contributed by atoms with E-state index in [9.17, 15) is 18.0 Å². The zero-order valence-electron chi connectivity index (χ0n) is 14.1. The number of halogens is 2. The summed E-state index contributed by atoms with van der Waals surface area (Å²) in [7, 11) is -3.22. The highest BCUT2D eigenvalue weighted by Crippen LogP contribution is 2.22. The molecule has 1 aromatic rings. The summed E-state index contributed by atoms with van der Waals surface area (Å²) < 4.78 is 23.4. The number of carbonyl (C=O) groups excluding carboxylic acids is 2. The van der Waals surface area contributed by atoms with Gasteiger partial charge in [-0.25, -0.2) is 8.42 Å². The smallest absolute Gasteiger partial charge is 0.251 e. The Bertz CT molecular complexity index is 721. The number of carbonyl (C=O) groups is 2. The normalized spacial score (nSPS) is 11.4. The van der Waals surface area contributed by atoms with E-state index in [1.807, 2.05) is 13.8 Å². The lowest BCUT2D eigenvalue weighted by Crippen LogP contribution is -2.35. The van der Waals surface area contributed by atoms with Crippen LogP contribution in [-0.2, 0) is 14.6 Å². The minimum Gasteiger partial charge on any atom is -0.354 e. The van der Waals surface area contributed by atoms with Gasteiger partial charge in [-0.2, -0.15) is 0 Å². The second-order valence-electron chi connectivity index (χ2n) is 5.99. The third kappa shape index (κ3) is 8.56. The van der Waals surface area contributed by atoms with Gasteiger partial charge < -0.3 is 10.6 Å². The molecule has 0 saturated heterocycles. The summed E-state index contributed by atoms with van der Waals surface area (Å²) in [5, 5.41) is 5.84. The summed E-state index contributed by atoms with van der Waals surface area (Å²) in [5.41, 5.74) is 0.362. The van der Waals surface area contributed by atoms with Crippen molar-refractivity contribution in [3.05, 3.63) is 33.8 Å². The van der Waals surface area contributed by atoms with Crippen LogP contribution in [0.15, 0.2) is 18.2 Å². The Morgan fingerprint density at radius 3 is 2.32 bits per heavy atom. The molecule has 0 aliphatic carbocycles. The number of hydrogen-bond acceptors (Lipinski definition) is 4. The Labute approximate surface area is 158 Å². The predicted octanol–water partition coefficient (Wildman–Crippen LogP) is 2.30. The molecule has 0 atom stereocenters. The van der Waals surface area contributed by atoms with Crippen LogP contribution in [0.2, 0.25) is 10.0 Å². The molecule has 140 valence electrons. The second kappa shape index (κ2) is 9.99. The van der Waals surface area contributed by atoms with Crippen LogP contribution in [0, 0.1) is 5.92 Å². The van der Waals surface area contributed by atoms with E-state index in [4.69, 9.17) is 23.2 Å². The van der Waals surface area contributed by atoms with Crippen molar-refractivity contribution in [2.45, 2.75) is 20.3 Å². The minimum absolute atomic E-state index is 0.0321. The van der Waals surface area contributed by atoms with Crippen LogP contribution < -0.4 is 10.6 Å². The molecule has 0 heterocycles. The van der Waals surface area contributed by atoms with E-state index in [0.717, 1.165) is 0 Å². The maximum absolute atomic E-state index is 11.9. The summed E-state index contributed by atoms with van der Waals surface area (Å²) in [5.74, 6) is -0.778. The largest absolute Gasteiger partial charge is 0.354 e. The highest BCUT2D eigenvalue weighted by Gasteiger charge is 2.15. The number of sulfone groups is 1. The van der Waals surface area contributed by atoms with Crippen molar-refractivity contribution in [2.24, 2.45) is 5.92 Å². The highest BCUT2D eigenvalue weighted by atomic mass is 35.5. The monoisotopic (exact) mass is 408 g/mol. The molecular formula is C16H22Cl2N2O4S. The third-order valence-electron chi connectivity index (χ3n) is 3.14. The molecular weight excluding hydrogens is 387 g/mol. The Morgan fingerprint density at radius 1 is 1.08 bits per heavy atom. The molecule has 0 aromatic heterocycles. The van der Waals surface area contributed by atoms with Gasteiger partial charge in [-0.15, -0.1) is 0 Å². The number of nitrogens with one attached hydrogen (secondary N) is 2. The van der Waals surface area contributed by atoms with Crippen LogP contribution in [-0.4, -0.2) is 44.8 Å². The maximum Gasteiger partial charge on any atom is 0.251 e. The fourth-order valence-electron chi connectivity index (χ4n) is 2.05. The standard InChI is InChI=1S/C16H22Cl2N2O4S/c1-11(2)10-25(23,24)8-5-15(21)19-6-7-20-16(22)12-3-4-13(17)14(18)9-12/h3-4,9,11H,5-8,10H2,1-2H3,(H,19,21)(H,20,22). The van der Waals surface area contributed by atoms with Gasteiger partial charge in [0.25, 0.3) is 5.91 Å². The summed E-state index contributed by atoms with van der Waals surface area (Å²) in [6.45, 7) is 4.04. The lowest BCUT2D eigenvalue weighted by Gasteiger charge is -2.09. The van der Waals surface area contributed by atoms with Crippen molar-refractivity contribution in [1.82, 2.24) is 10.6 Å². The van der Waals surface area contributed by atoms with Crippen LogP contribution in [0.1, 0.15) is 30.6 Å². The van der Waals surface area contributed by atoms with Gasteiger partial charge in [-0.1, -0.05) is 37.0 Å². The van der Waals surface area contributed by atoms with Crippen molar-refractivity contribution in [2.75, 3.05) is 24.6 Å². The van der Waals surface area contributed by atoms with Crippen LogP contribution in [0.4, 0.5) is 0 Å². The molecule has 2 N–H and O–H groups in total. The van der Waals surface area contributed by atoms with E-state index in [1.54, 1.807) is 6.07 Å². The molecule has 0 spiro atoms. The van der Waals surface area contributed by atoms with E-state index < -0.39 is 9.84 Å². The average molecular weight is 409 g/mol. The molecule has 0 radical (unpaired) electrons. The number of amides is 2. The lowest BCUT2D eigenvalue weighted by atomic mass is 10.2. The number of rotatable bonds is 9. The van der Waals surface area contributed by atoms with Crippen LogP contribution in [0.25, 0.3) is 0 Å². The van der Waals surface area contributed by atoms with Crippen molar-refractivity contribution in [3.63, 3.8) is 0 Å². The molecule has 9 heteroatoms. The Kier molecular flexibility index (Phi) is 8.68. The van der Waals surface area contributed by atoms with Gasteiger partial charge >= 0.3 is 0 Å². The molecule has 0 saturated carbocycles. The van der Waals surface area contributed by atoms with Gasteiger partial charge in [0.15, 0.2) is 9.84 Å². The van der Waals surface area contributed by atoms with E-state index >= 15 is 0 Å². The summed E-state index contributed by atoms with van der Waals surface area (Å²) in [4.78, 5) is 23.6. The van der Waals surface area contributed by atoms with Crippen molar-refractivity contribution >= 4 is 44.9 Å². The quantitative estimate of drug-likeness (QED) is 0.613. The average Bonchev–Trinajstić information content (AvgIpc) is 2.51. The van der Waals surface area contributed by atoms with Crippen molar-refractivity contribution in [3.8, 4) is 0 Å². The Hall–Kier alpha value is -1.31. The van der Waals surface area contributed by atoms with Gasteiger partial charge in [0.1, 0.15) is 0 Å². The fourth-order valence-corrected chi connectivity index (χ4v) is 4.02. The molecule has 0 aliphatic rings. The molecule has 0 unspecified atom stereocenters. The summed E-state index contributed by atoms with van der Waals surface area (Å²) in [6, 6.07) is 4.53. The van der Waals surface area contributed by atoms with Gasteiger partial charge in [-0.05, 0) is 24.1 Å². The van der Waals surface area contributed by atoms with Crippen LogP contribution in [0.3, 0.4) is 0 Å². The first-order valence-corrected chi connectivity index (χ1v) is 10.4. The molecule has 0 aliphatic heterocycles. The third-order valence-corrected chi connectivity index (χ3v) is 5.88. The molecule has 1 rings (SSSR count). The predicted molar refractivity (Wildman–Crippen MR) is 99.9 cm³/mol. The van der Waals surface area contributed by atoms with Crippen LogP contribution >= 0.6 is 23.2 Å². The number of hydrogen-bond donors (Lipinski definition) is 2. The zero-order chi connectivity index (χ0) is 19.0. The maximum atomic E-state index is 11.9. The summed E-state index contributed by atoms with van der Waals surface area (Å²) in [6.07, 6.45) is -0.0875. The van der Waals surface area contributed by atoms with E-state index in [0.29, 0.717) is 10.6 Å². The molecule has 25 heavy (non-hydrogen) atoms. The molecule has 6 nitrogen and oxygen atoms in total. The first kappa shape index (κ1) is 21.7. The van der Waals surface area contributed by atoms with Gasteiger partial charge in [0.2, 0.25) is 5.91 Å². The molecule has 2 amide bonds. The first-order valence-electron chi connectivity index (χ1n) is 7.81. The Balaban J connectivity index is 2.29. The van der Waals surface area contributed by atoms with E-state index in [-0.39, 0.29) is 53.8 Å². The van der Waals surface area contributed by atoms with Crippen molar-refractivity contribution in [1.29, 1.82) is 0 Å². The van der Waals surface area contributed by atoms with Gasteiger partial charge in [0, 0.05) is 25.1 Å². The van der Waals surface area contributed by atoms with Crippen LogP contribution in [0.5, 0.6) is 0 Å². The van der Waals surface area contributed by atoms with Crippen molar-refractivity contribution < 1.29 is 18.0 Å². The lowest BCUT2D eigenvalue weighted by molar-refractivity contribution is -0.120. The minimum atomic E-state index is -3.22. The SMILES string of the molecule is CC(C)CS(=O)(=O)CCC(=O)NCCNC(=O)c1ccc(Cl)c(Cl)c1. The highest BCUT2D eigenvalue weighted by molar-refractivity contribution is 7.91. The fraction of sp³-hybridized carbons (Fsp3) is 0.500. The number of benzene rings is 1. The molecule has 1 aromatic carbocycles. The topological polar surface area (TPSA) is 92.3 Å². The first-order chi connectivity index (χ1) is 11.6. The Morgan fingerprint density at radius 2 is 1.72 bits per heavy atom. The second-order valence-corrected chi connectivity index (χ2v) is 9.04.